The van der Waals surface area contributed by atoms with E-state index in [1.165, 1.54) is 0 Å². The van der Waals surface area contributed by atoms with Gasteiger partial charge < -0.3 is 66.8 Å². The van der Waals surface area contributed by atoms with Gasteiger partial charge in [-0.05, 0) is 12.8 Å². The van der Waals surface area contributed by atoms with Gasteiger partial charge in [0.2, 0.25) is 0 Å². The van der Waals surface area contributed by atoms with Crippen LogP contribution in [0.3, 0.4) is 0 Å². The Kier molecular flexibility index (Phi) is 8.54. The highest BCUT2D eigenvalue weighted by Crippen LogP contribution is 2.31. The first-order valence-electron chi connectivity index (χ1n) is 9.79. The van der Waals surface area contributed by atoms with Crippen molar-refractivity contribution in [1.29, 1.82) is 0 Å². The first kappa shape index (κ1) is 25.7. The number of nitrogens with one attached hydrogen (secondary N) is 2. The van der Waals surface area contributed by atoms with Crippen molar-refractivity contribution in [3.63, 3.8) is 0 Å². The Hall–Kier alpha value is -0.520. The highest BCUT2D eigenvalue weighted by atomic mass is 16.4. The first-order valence-corrected chi connectivity index (χ1v) is 9.79. The van der Waals surface area contributed by atoms with Crippen LogP contribution in [0.25, 0.3) is 0 Å². The molecule has 0 radical (unpaired) electrons. The van der Waals surface area contributed by atoms with E-state index in [1.54, 1.807) is 0 Å². The van der Waals surface area contributed by atoms with E-state index in [9.17, 15) is 56.2 Å². The summed E-state index contributed by atoms with van der Waals surface area (Å²) in [7, 11) is 0. The van der Waals surface area contributed by atoms with Crippen LogP contribution in [0, 0.1) is 0 Å². The third kappa shape index (κ3) is 4.94. The SMILES string of the molecule is OC[C@H](CNC1CC(O)(CO)C(O)C(O)C1O)NC1CC(O)(CO)C(O)C(O)C1O. The Morgan fingerprint density at radius 3 is 1.57 bits per heavy atom. The number of hydrogen-bond acceptors (Lipinski definition) is 13. The maximum absolute atomic E-state index is 10.3. The van der Waals surface area contributed by atoms with E-state index in [0.717, 1.165) is 0 Å². The minimum Gasteiger partial charge on any atom is -0.395 e. The molecule has 10 unspecified atom stereocenters. The second-order valence-electron chi connectivity index (χ2n) is 8.45. The number of aliphatic hydroxyl groups excluding tert-OH is 9. The van der Waals surface area contributed by atoms with Gasteiger partial charge in [-0.3, -0.25) is 0 Å². The Balaban J connectivity index is 2.02. The predicted octanol–water partition coefficient (Wildman–Crippen LogP) is -7.32. The lowest BCUT2D eigenvalue weighted by Gasteiger charge is -2.47. The number of aliphatic hydroxyl groups is 11. The largest absolute Gasteiger partial charge is 0.395 e. The number of rotatable bonds is 8. The fourth-order valence-corrected chi connectivity index (χ4v) is 4.17. The molecule has 2 rings (SSSR count). The molecule has 0 aromatic heterocycles. The van der Waals surface area contributed by atoms with Crippen molar-refractivity contribution in [3.8, 4) is 0 Å². The fourth-order valence-electron chi connectivity index (χ4n) is 4.17. The molecule has 0 aromatic carbocycles. The van der Waals surface area contributed by atoms with E-state index in [2.05, 4.69) is 10.6 Å². The van der Waals surface area contributed by atoms with E-state index in [1.807, 2.05) is 0 Å². The molecule has 13 heteroatoms. The van der Waals surface area contributed by atoms with E-state index in [0.29, 0.717) is 0 Å². The van der Waals surface area contributed by atoms with Crippen molar-refractivity contribution in [1.82, 2.24) is 10.6 Å². The van der Waals surface area contributed by atoms with Crippen LogP contribution in [0.5, 0.6) is 0 Å². The molecule has 0 amide bonds. The maximum Gasteiger partial charge on any atom is 0.118 e. The summed E-state index contributed by atoms with van der Waals surface area (Å²) in [6.45, 7) is -2.30. The first-order chi connectivity index (χ1) is 13.9. The molecule has 0 bridgehead atoms. The summed E-state index contributed by atoms with van der Waals surface area (Å²) in [6, 6.07) is -2.79. The van der Waals surface area contributed by atoms with Crippen LogP contribution < -0.4 is 10.6 Å². The third-order valence-electron chi connectivity index (χ3n) is 6.26. The van der Waals surface area contributed by atoms with Crippen LogP contribution in [0.2, 0.25) is 0 Å². The van der Waals surface area contributed by atoms with E-state index in [4.69, 9.17) is 0 Å². The molecule has 0 saturated heterocycles. The second-order valence-corrected chi connectivity index (χ2v) is 8.45. The van der Waals surface area contributed by atoms with E-state index in [-0.39, 0.29) is 19.4 Å². The van der Waals surface area contributed by atoms with Crippen molar-refractivity contribution in [3.05, 3.63) is 0 Å². The van der Waals surface area contributed by atoms with Crippen LogP contribution in [0.15, 0.2) is 0 Å². The summed E-state index contributed by atoms with van der Waals surface area (Å²) in [5, 5.41) is 114. The summed E-state index contributed by atoms with van der Waals surface area (Å²) in [5.41, 5.74) is -4.11. The number of hydrogen-bond donors (Lipinski definition) is 13. The van der Waals surface area contributed by atoms with Gasteiger partial charge in [0.05, 0.1) is 32.0 Å². The zero-order chi connectivity index (χ0) is 22.9. The normalized spacial score (nSPS) is 48.5. The smallest absolute Gasteiger partial charge is 0.118 e. The van der Waals surface area contributed by atoms with Gasteiger partial charge >= 0.3 is 0 Å². The molecular formula is C17H34N2O11. The fraction of sp³-hybridized carbons (Fsp3) is 1.00. The molecule has 178 valence electrons. The van der Waals surface area contributed by atoms with E-state index < -0.39 is 85.8 Å². The minimum atomic E-state index is -2.07. The monoisotopic (exact) mass is 442 g/mol. The van der Waals surface area contributed by atoms with Crippen LogP contribution in [-0.2, 0) is 0 Å². The lowest BCUT2D eigenvalue weighted by atomic mass is 9.76. The topological polar surface area (TPSA) is 247 Å². The van der Waals surface area contributed by atoms with Gasteiger partial charge in [-0.1, -0.05) is 0 Å². The molecular weight excluding hydrogens is 408 g/mol. The molecule has 2 saturated carbocycles. The Morgan fingerprint density at radius 2 is 1.13 bits per heavy atom. The van der Waals surface area contributed by atoms with Crippen LogP contribution in [0.4, 0.5) is 0 Å². The molecule has 0 aromatic rings. The lowest BCUT2D eigenvalue weighted by molar-refractivity contribution is -0.208. The maximum atomic E-state index is 10.3. The highest BCUT2D eigenvalue weighted by Gasteiger charge is 2.52. The average molecular weight is 442 g/mol. The van der Waals surface area contributed by atoms with Crippen molar-refractivity contribution in [2.45, 2.75) is 78.8 Å². The van der Waals surface area contributed by atoms with E-state index >= 15 is 0 Å². The summed E-state index contributed by atoms with van der Waals surface area (Å²) in [4.78, 5) is 0. The summed E-state index contributed by atoms with van der Waals surface area (Å²) in [6.07, 6.45) is -10.7. The molecule has 30 heavy (non-hydrogen) atoms. The van der Waals surface area contributed by atoms with Crippen molar-refractivity contribution in [2.75, 3.05) is 26.4 Å². The van der Waals surface area contributed by atoms with Gasteiger partial charge in [-0.25, -0.2) is 0 Å². The zero-order valence-corrected chi connectivity index (χ0v) is 16.4. The standard InChI is InChI=1S/C17H34N2O11/c20-4-7(19-9-2-17(30,6-22)15(28)13(26)11(9)24)3-18-8-1-16(29,5-21)14(27)12(25)10(8)23/h7-15,18-30H,1-6H2/t7-,8?,9?,10?,11?,12?,13?,14?,15?,16?,17?/m0/s1. The predicted molar refractivity (Wildman–Crippen MR) is 98.9 cm³/mol. The lowest BCUT2D eigenvalue weighted by Crippen LogP contribution is -2.69. The molecule has 0 heterocycles. The van der Waals surface area contributed by atoms with Gasteiger partial charge in [0.1, 0.15) is 35.6 Å². The Labute approximate surface area is 172 Å². The summed E-state index contributed by atoms with van der Waals surface area (Å²) >= 11 is 0. The molecule has 0 aliphatic heterocycles. The average Bonchev–Trinajstić information content (AvgIpc) is 2.74. The minimum absolute atomic E-state index is 0.0814. The molecule has 2 aliphatic rings. The third-order valence-corrected chi connectivity index (χ3v) is 6.26. The molecule has 13 N–H and O–H groups in total. The van der Waals surface area contributed by atoms with Gasteiger partial charge in [0.25, 0.3) is 0 Å². The molecule has 2 fully saturated rings. The van der Waals surface area contributed by atoms with Crippen LogP contribution in [-0.4, -0.2) is 148 Å². The van der Waals surface area contributed by atoms with Crippen molar-refractivity contribution < 1.29 is 56.2 Å². The van der Waals surface area contributed by atoms with Gasteiger partial charge in [0, 0.05) is 24.7 Å². The summed E-state index contributed by atoms with van der Waals surface area (Å²) in [5.74, 6) is 0. The van der Waals surface area contributed by atoms with Crippen molar-refractivity contribution in [2.24, 2.45) is 0 Å². The van der Waals surface area contributed by atoms with Crippen molar-refractivity contribution >= 4 is 0 Å². The molecule has 2 aliphatic carbocycles. The molecule has 11 atom stereocenters. The van der Waals surface area contributed by atoms with Gasteiger partial charge in [-0.15, -0.1) is 0 Å². The quantitative estimate of drug-likeness (QED) is 0.167. The molecule has 0 spiro atoms. The second kappa shape index (κ2) is 9.95. The Morgan fingerprint density at radius 1 is 0.700 bits per heavy atom. The Bertz CT molecular complexity index is 560. The van der Waals surface area contributed by atoms with Crippen LogP contribution in [0.1, 0.15) is 12.8 Å². The van der Waals surface area contributed by atoms with Crippen LogP contribution >= 0.6 is 0 Å². The highest BCUT2D eigenvalue weighted by molar-refractivity contribution is 5.06. The van der Waals surface area contributed by atoms with Gasteiger partial charge in [-0.2, -0.15) is 0 Å². The zero-order valence-electron chi connectivity index (χ0n) is 16.4. The molecule has 13 nitrogen and oxygen atoms in total. The van der Waals surface area contributed by atoms with Gasteiger partial charge in [0.15, 0.2) is 0 Å². The summed E-state index contributed by atoms with van der Waals surface area (Å²) < 4.78 is 0.